The topological polar surface area (TPSA) is 83.8 Å². The number of ether oxygens (including phenoxy) is 1. The third kappa shape index (κ3) is 2.98. The minimum Gasteiger partial charge on any atom is -0.479 e. The molecular formula is C10H10O5. The Balaban J connectivity index is 2.82. The molecule has 15 heavy (non-hydrogen) atoms. The number of carboxylic acid groups (broad SMARTS) is 2. The van der Waals surface area contributed by atoms with Crippen LogP contribution in [-0.4, -0.2) is 28.3 Å². The van der Waals surface area contributed by atoms with E-state index in [9.17, 15) is 9.59 Å². The Morgan fingerprint density at radius 3 is 2.53 bits per heavy atom. The van der Waals surface area contributed by atoms with Gasteiger partial charge in [-0.25, -0.2) is 9.59 Å². The molecule has 0 aromatic heterocycles. The molecule has 2 N–H and O–H groups in total. The molecule has 0 saturated carbocycles. The van der Waals surface area contributed by atoms with E-state index in [1.807, 2.05) is 0 Å². The Kier molecular flexibility index (Phi) is 3.28. The van der Waals surface area contributed by atoms with Crippen LogP contribution in [0.15, 0.2) is 24.3 Å². The molecule has 0 aliphatic rings. The van der Waals surface area contributed by atoms with Crippen molar-refractivity contribution in [2.45, 2.75) is 13.0 Å². The van der Waals surface area contributed by atoms with Crippen molar-refractivity contribution in [2.24, 2.45) is 0 Å². The van der Waals surface area contributed by atoms with Crippen LogP contribution < -0.4 is 4.74 Å². The Hall–Kier alpha value is -2.04. The van der Waals surface area contributed by atoms with E-state index in [1.165, 1.54) is 31.2 Å². The smallest absolute Gasteiger partial charge is 0.344 e. The second-order valence-corrected chi connectivity index (χ2v) is 2.93. The maximum Gasteiger partial charge on any atom is 0.344 e. The lowest BCUT2D eigenvalue weighted by Gasteiger charge is -2.10. The van der Waals surface area contributed by atoms with Crippen molar-refractivity contribution in [3.05, 3.63) is 29.8 Å². The average Bonchev–Trinajstić information content (AvgIpc) is 2.18. The SMILES string of the molecule is C[C@H](Oc1cccc(C(=O)O)c1)C(=O)O. The zero-order valence-corrected chi connectivity index (χ0v) is 8.01. The highest BCUT2D eigenvalue weighted by atomic mass is 16.5. The van der Waals surface area contributed by atoms with E-state index in [-0.39, 0.29) is 11.3 Å². The molecule has 1 aromatic rings. The molecule has 0 aliphatic carbocycles. The molecule has 1 rings (SSSR count). The first-order chi connectivity index (χ1) is 7.00. The van der Waals surface area contributed by atoms with Gasteiger partial charge in [0.05, 0.1) is 5.56 Å². The standard InChI is InChI=1S/C10H10O5/c1-6(9(11)12)15-8-4-2-3-7(5-8)10(13)14/h2-6H,1H3,(H,11,12)(H,13,14)/t6-/m0/s1. The summed E-state index contributed by atoms with van der Waals surface area (Å²) in [5, 5.41) is 17.3. The summed E-state index contributed by atoms with van der Waals surface area (Å²) in [7, 11) is 0. The monoisotopic (exact) mass is 210 g/mol. The normalized spacial score (nSPS) is 11.8. The fourth-order valence-corrected chi connectivity index (χ4v) is 0.957. The van der Waals surface area contributed by atoms with Gasteiger partial charge < -0.3 is 14.9 Å². The van der Waals surface area contributed by atoms with Crippen molar-refractivity contribution >= 4 is 11.9 Å². The van der Waals surface area contributed by atoms with Gasteiger partial charge in [-0.1, -0.05) is 6.07 Å². The van der Waals surface area contributed by atoms with Gasteiger partial charge in [0.1, 0.15) is 5.75 Å². The van der Waals surface area contributed by atoms with Crippen LogP contribution in [0.2, 0.25) is 0 Å². The highest BCUT2D eigenvalue weighted by molar-refractivity contribution is 5.88. The molecule has 0 heterocycles. The second kappa shape index (κ2) is 4.45. The van der Waals surface area contributed by atoms with Crippen LogP contribution in [0.1, 0.15) is 17.3 Å². The Labute approximate surface area is 85.9 Å². The molecular weight excluding hydrogens is 200 g/mol. The minimum absolute atomic E-state index is 0.0603. The maximum absolute atomic E-state index is 10.6. The van der Waals surface area contributed by atoms with Crippen molar-refractivity contribution in [3.8, 4) is 5.75 Å². The summed E-state index contributed by atoms with van der Waals surface area (Å²) in [5.41, 5.74) is 0.0603. The second-order valence-electron chi connectivity index (χ2n) is 2.93. The zero-order valence-electron chi connectivity index (χ0n) is 8.01. The number of rotatable bonds is 4. The maximum atomic E-state index is 10.6. The number of carbonyl (C=O) groups is 2. The molecule has 5 nitrogen and oxygen atoms in total. The quantitative estimate of drug-likeness (QED) is 0.780. The van der Waals surface area contributed by atoms with Gasteiger partial charge in [-0.15, -0.1) is 0 Å². The van der Waals surface area contributed by atoms with Crippen LogP contribution in [0.4, 0.5) is 0 Å². The van der Waals surface area contributed by atoms with Crippen LogP contribution in [0.5, 0.6) is 5.75 Å². The first-order valence-electron chi connectivity index (χ1n) is 4.23. The summed E-state index contributed by atoms with van der Waals surface area (Å²) in [6.07, 6.45) is -1.01. The number of aliphatic carboxylic acids is 1. The van der Waals surface area contributed by atoms with Crippen molar-refractivity contribution in [3.63, 3.8) is 0 Å². The van der Waals surface area contributed by atoms with Gasteiger partial charge in [0.15, 0.2) is 6.10 Å². The molecule has 0 saturated heterocycles. The Bertz CT molecular complexity index is 385. The predicted molar refractivity (Wildman–Crippen MR) is 51.1 cm³/mol. The first kappa shape index (κ1) is 11.0. The lowest BCUT2D eigenvalue weighted by Crippen LogP contribution is -2.22. The average molecular weight is 210 g/mol. The number of aromatic carboxylic acids is 1. The highest BCUT2D eigenvalue weighted by Crippen LogP contribution is 2.14. The summed E-state index contributed by atoms with van der Waals surface area (Å²) >= 11 is 0. The van der Waals surface area contributed by atoms with Crippen LogP contribution >= 0.6 is 0 Å². The predicted octanol–water partition coefficient (Wildman–Crippen LogP) is 1.24. The molecule has 1 atom stereocenters. The molecule has 0 amide bonds. The Morgan fingerprint density at radius 2 is 2.00 bits per heavy atom. The van der Waals surface area contributed by atoms with Crippen molar-refractivity contribution in [2.75, 3.05) is 0 Å². The lowest BCUT2D eigenvalue weighted by molar-refractivity contribution is -0.144. The minimum atomic E-state index is -1.10. The van der Waals surface area contributed by atoms with E-state index in [1.54, 1.807) is 0 Å². The van der Waals surface area contributed by atoms with E-state index in [0.29, 0.717) is 0 Å². The lowest BCUT2D eigenvalue weighted by atomic mass is 10.2. The van der Waals surface area contributed by atoms with Crippen molar-refractivity contribution in [1.29, 1.82) is 0 Å². The molecule has 0 unspecified atom stereocenters. The van der Waals surface area contributed by atoms with Crippen LogP contribution in [-0.2, 0) is 4.79 Å². The van der Waals surface area contributed by atoms with Gasteiger partial charge in [-0.3, -0.25) is 0 Å². The molecule has 0 fully saturated rings. The van der Waals surface area contributed by atoms with Gasteiger partial charge >= 0.3 is 11.9 Å². The fourth-order valence-electron chi connectivity index (χ4n) is 0.957. The van der Waals surface area contributed by atoms with Gasteiger partial charge in [-0.2, -0.15) is 0 Å². The van der Waals surface area contributed by atoms with Crippen LogP contribution in [0.3, 0.4) is 0 Å². The summed E-state index contributed by atoms with van der Waals surface area (Å²) < 4.78 is 5.00. The molecule has 0 radical (unpaired) electrons. The highest BCUT2D eigenvalue weighted by Gasteiger charge is 2.13. The third-order valence-electron chi connectivity index (χ3n) is 1.74. The molecule has 5 heteroatoms. The summed E-state index contributed by atoms with van der Waals surface area (Å²) in [6.45, 7) is 1.37. The van der Waals surface area contributed by atoms with Gasteiger partial charge in [-0.05, 0) is 25.1 Å². The zero-order chi connectivity index (χ0) is 11.4. The molecule has 0 spiro atoms. The van der Waals surface area contributed by atoms with E-state index < -0.39 is 18.0 Å². The van der Waals surface area contributed by atoms with E-state index >= 15 is 0 Å². The number of hydrogen-bond donors (Lipinski definition) is 2. The summed E-state index contributed by atoms with van der Waals surface area (Å²) in [6, 6.07) is 5.68. The van der Waals surface area contributed by atoms with E-state index in [0.717, 1.165) is 0 Å². The molecule has 80 valence electrons. The van der Waals surface area contributed by atoms with Crippen molar-refractivity contribution < 1.29 is 24.5 Å². The number of hydrogen-bond acceptors (Lipinski definition) is 3. The number of carboxylic acids is 2. The molecule has 0 aliphatic heterocycles. The fraction of sp³-hybridized carbons (Fsp3) is 0.200. The number of benzene rings is 1. The Morgan fingerprint density at radius 1 is 1.33 bits per heavy atom. The van der Waals surface area contributed by atoms with Crippen LogP contribution in [0, 0.1) is 0 Å². The van der Waals surface area contributed by atoms with Gasteiger partial charge in [0.2, 0.25) is 0 Å². The van der Waals surface area contributed by atoms with Crippen LogP contribution in [0.25, 0.3) is 0 Å². The van der Waals surface area contributed by atoms with E-state index in [2.05, 4.69) is 0 Å². The van der Waals surface area contributed by atoms with Gasteiger partial charge in [0, 0.05) is 0 Å². The van der Waals surface area contributed by atoms with E-state index in [4.69, 9.17) is 14.9 Å². The molecule has 0 bridgehead atoms. The first-order valence-corrected chi connectivity index (χ1v) is 4.23. The van der Waals surface area contributed by atoms with Gasteiger partial charge in [0.25, 0.3) is 0 Å². The largest absolute Gasteiger partial charge is 0.479 e. The molecule has 1 aromatic carbocycles. The summed E-state index contributed by atoms with van der Waals surface area (Å²) in [5.74, 6) is -1.95. The van der Waals surface area contributed by atoms with Crippen molar-refractivity contribution in [1.82, 2.24) is 0 Å². The summed E-state index contributed by atoms with van der Waals surface area (Å²) in [4.78, 5) is 21.1. The third-order valence-corrected chi connectivity index (χ3v) is 1.74.